The molecule has 72 valence electrons. The Morgan fingerprint density at radius 2 is 2.31 bits per heavy atom. The largest absolute Gasteiger partial charge is 0.374 e. The zero-order valence-corrected chi connectivity index (χ0v) is 7.83. The lowest BCUT2D eigenvalue weighted by molar-refractivity contribution is 0.134. The molecule has 2 aliphatic rings. The van der Waals surface area contributed by atoms with Gasteiger partial charge >= 0.3 is 0 Å². The van der Waals surface area contributed by atoms with Crippen LogP contribution in [0.5, 0.6) is 0 Å². The zero-order chi connectivity index (χ0) is 9.47. The molecule has 13 heavy (non-hydrogen) atoms. The molecule has 0 aromatic rings. The van der Waals surface area contributed by atoms with E-state index in [4.69, 9.17) is 9.88 Å². The van der Waals surface area contributed by atoms with Crippen LogP contribution in [0.25, 0.3) is 0 Å². The summed E-state index contributed by atoms with van der Waals surface area (Å²) in [6.07, 6.45) is 5.88. The van der Waals surface area contributed by atoms with Gasteiger partial charge < -0.3 is 4.74 Å². The molecule has 0 bridgehead atoms. The van der Waals surface area contributed by atoms with E-state index in [-0.39, 0.29) is 16.9 Å². The maximum atomic E-state index is 11.0. The molecule has 0 radical (unpaired) electrons. The molecule has 2 rings (SSSR count). The van der Waals surface area contributed by atoms with Crippen molar-refractivity contribution in [2.75, 3.05) is 6.61 Å². The van der Waals surface area contributed by atoms with Crippen LogP contribution in [0.15, 0.2) is 23.1 Å². The molecule has 1 saturated heterocycles. The Morgan fingerprint density at radius 3 is 3.00 bits per heavy atom. The van der Waals surface area contributed by atoms with Crippen LogP contribution in [0.1, 0.15) is 6.42 Å². The minimum absolute atomic E-state index is 0.0468. The van der Waals surface area contributed by atoms with Crippen molar-refractivity contribution >= 4 is 10.0 Å². The molecule has 2 N–H and O–H groups in total. The number of rotatable bonds is 1. The first kappa shape index (κ1) is 8.93. The van der Waals surface area contributed by atoms with Gasteiger partial charge in [0.1, 0.15) is 0 Å². The lowest BCUT2D eigenvalue weighted by atomic mass is 9.97. The van der Waals surface area contributed by atoms with E-state index in [1.807, 2.05) is 0 Å². The molecule has 1 aliphatic heterocycles. The predicted octanol–water partition coefficient (Wildman–Crippen LogP) is 0.134. The van der Waals surface area contributed by atoms with Crippen LogP contribution in [0.3, 0.4) is 0 Å². The molecule has 0 spiro atoms. The van der Waals surface area contributed by atoms with Gasteiger partial charge in [-0.1, -0.05) is 12.2 Å². The number of fused-ring (bicyclic) bond motifs is 1. The number of primary sulfonamides is 1. The molecule has 2 atom stereocenters. The SMILES string of the molecule is NS(=O)(=O)C1=CC2CCOC2C=C1. The van der Waals surface area contributed by atoms with Crippen molar-refractivity contribution in [3.8, 4) is 0 Å². The highest BCUT2D eigenvalue weighted by atomic mass is 32.2. The number of ether oxygens (including phenoxy) is 1. The second kappa shape index (κ2) is 2.94. The van der Waals surface area contributed by atoms with Gasteiger partial charge in [0.2, 0.25) is 10.0 Å². The van der Waals surface area contributed by atoms with E-state index in [1.165, 1.54) is 6.08 Å². The second-order valence-corrected chi connectivity index (χ2v) is 4.82. The quantitative estimate of drug-likeness (QED) is 0.655. The maximum Gasteiger partial charge on any atom is 0.237 e. The molecule has 1 aliphatic carbocycles. The summed E-state index contributed by atoms with van der Waals surface area (Å²) in [4.78, 5) is 0.208. The molecule has 1 heterocycles. The molecule has 4 nitrogen and oxygen atoms in total. The van der Waals surface area contributed by atoms with Gasteiger partial charge in [-0.2, -0.15) is 0 Å². The standard InChI is InChI=1S/C8H11NO3S/c9-13(10,11)7-1-2-8-6(5-7)3-4-12-8/h1-2,5-6,8H,3-4H2,(H2,9,10,11). The van der Waals surface area contributed by atoms with Crippen molar-refractivity contribution < 1.29 is 13.2 Å². The van der Waals surface area contributed by atoms with Crippen molar-refractivity contribution in [3.63, 3.8) is 0 Å². The van der Waals surface area contributed by atoms with E-state index in [1.54, 1.807) is 12.2 Å². The minimum atomic E-state index is -3.55. The van der Waals surface area contributed by atoms with Crippen LogP contribution in [0.4, 0.5) is 0 Å². The van der Waals surface area contributed by atoms with Crippen molar-refractivity contribution in [2.24, 2.45) is 11.1 Å². The smallest absolute Gasteiger partial charge is 0.237 e. The van der Waals surface area contributed by atoms with Crippen LogP contribution in [0, 0.1) is 5.92 Å². The molecule has 0 aromatic carbocycles. The summed E-state index contributed by atoms with van der Waals surface area (Å²) in [6.45, 7) is 0.689. The summed E-state index contributed by atoms with van der Waals surface area (Å²) in [5.41, 5.74) is 0. The van der Waals surface area contributed by atoms with Crippen LogP contribution in [-0.4, -0.2) is 21.1 Å². The van der Waals surface area contributed by atoms with Crippen LogP contribution in [0.2, 0.25) is 0 Å². The number of hydrogen-bond acceptors (Lipinski definition) is 3. The maximum absolute atomic E-state index is 11.0. The van der Waals surface area contributed by atoms with Gasteiger partial charge in [-0.25, -0.2) is 13.6 Å². The Bertz CT molecular complexity index is 369. The molecule has 5 heteroatoms. The average Bonchev–Trinajstić information content (AvgIpc) is 2.47. The summed E-state index contributed by atoms with van der Waals surface area (Å²) in [7, 11) is -3.55. The summed E-state index contributed by atoms with van der Waals surface area (Å²) >= 11 is 0. The van der Waals surface area contributed by atoms with Gasteiger partial charge in [0.15, 0.2) is 0 Å². The molecule has 2 unspecified atom stereocenters. The Morgan fingerprint density at radius 1 is 1.54 bits per heavy atom. The van der Waals surface area contributed by atoms with Gasteiger partial charge in [-0.05, 0) is 12.5 Å². The van der Waals surface area contributed by atoms with Gasteiger partial charge in [0.25, 0.3) is 0 Å². The van der Waals surface area contributed by atoms with Crippen molar-refractivity contribution in [3.05, 3.63) is 23.1 Å². The number of nitrogens with two attached hydrogens (primary N) is 1. The first-order chi connectivity index (χ1) is 6.07. The third kappa shape index (κ3) is 1.67. The molecular weight excluding hydrogens is 190 g/mol. The highest BCUT2D eigenvalue weighted by Crippen LogP contribution is 2.29. The first-order valence-electron chi connectivity index (χ1n) is 4.12. The van der Waals surface area contributed by atoms with E-state index < -0.39 is 10.0 Å². The average molecular weight is 201 g/mol. The third-order valence-corrected chi connectivity index (χ3v) is 3.27. The van der Waals surface area contributed by atoms with E-state index in [0.717, 1.165) is 6.42 Å². The molecule has 0 amide bonds. The predicted molar refractivity (Wildman–Crippen MR) is 48.2 cm³/mol. The Hall–Kier alpha value is -0.650. The summed E-state index contributed by atoms with van der Waals surface area (Å²) in [5, 5.41) is 5.00. The minimum Gasteiger partial charge on any atom is -0.374 e. The summed E-state index contributed by atoms with van der Waals surface area (Å²) < 4.78 is 27.3. The number of hydrogen-bond donors (Lipinski definition) is 1. The van der Waals surface area contributed by atoms with Crippen LogP contribution < -0.4 is 5.14 Å². The first-order valence-corrected chi connectivity index (χ1v) is 5.66. The van der Waals surface area contributed by atoms with E-state index in [9.17, 15) is 8.42 Å². The van der Waals surface area contributed by atoms with E-state index >= 15 is 0 Å². The number of allylic oxidation sites excluding steroid dienone is 1. The normalized spacial score (nSPS) is 32.8. The number of sulfonamides is 1. The Labute approximate surface area is 77.1 Å². The third-order valence-electron chi connectivity index (χ3n) is 2.34. The lowest BCUT2D eigenvalue weighted by Crippen LogP contribution is -2.20. The van der Waals surface area contributed by atoms with Crippen molar-refractivity contribution in [1.82, 2.24) is 0 Å². The summed E-state index contributed by atoms with van der Waals surface area (Å²) in [5.74, 6) is 0.179. The van der Waals surface area contributed by atoms with Gasteiger partial charge in [0.05, 0.1) is 11.0 Å². The van der Waals surface area contributed by atoms with Gasteiger partial charge in [-0.3, -0.25) is 0 Å². The second-order valence-electron chi connectivity index (χ2n) is 3.26. The highest BCUT2D eigenvalue weighted by Gasteiger charge is 2.29. The molecule has 1 fully saturated rings. The zero-order valence-electron chi connectivity index (χ0n) is 7.01. The highest BCUT2D eigenvalue weighted by molar-refractivity contribution is 7.93. The van der Waals surface area contributed by atoms with E-state index in [2.05, 4.69) is 0 Å². The topological polar surface area (TPSA) is 69.4 Å². The monoisotopic (exact) mass is 201 g/mol. The molecule has 0 aromatic heterocycles. The molecular formula is C8H11NO3S. The van der Waals surface area contributed by atoms with Gasteiger partial charge in [0, 0.05) is 12.5 Å². The fourth-order valence-corrected chi connectivity index (χ4v) is 2.28. The van der Waals surface area contributed by atoms with Crippen molar-refractivity contribution in [1.29, 1.82) is 0 Å². The Kier molecular flexibility index (Phi) is 2.02. The van der Waals surface area contributed by atoms with Crippen LogP contribution in [-0.2, 0) is 14.8 Å². The van der Waals surface area contributed by atoms with E-state index in [0.29, 0.717) is 6.61 Å². The van der Waals surface area contributed by atoms with Gasteiger partial charge in [-0.15, -0.1) is 0 Å². The van der Waals surface area contributed by atoms with Crippen molar-refractivity contribution in [2.45, 2.75) is 12.5 Å². The fraction of sp³-hybridized carbons (Fsp3) is 0.500. The lowest BCUT2D eigenvalue weighted by Gasteiger charge is -2.16. The molecule has 0 saturated carbocycles. The Balaban J connectivity index is 2.30. The fourth-order valence-electron chi connectivity index (χ4n) is 1.65. The van der Waals surface area contributed by atoms with Crippen LogP contribution >= 0.6 is 0 Å². The summed E-state index contributed by atoms with van der Waals surface area (Å²) in [6, 6.07) is 0.